The summed E-state index contributed by atoms with van der Waals surface area (Å²) in [5.74, 6) is -1.90. The molecule has 0 aliphatic rings. The summed E-state index contributed by atoms with van der Waals surface area (Å²) in [6.45, 7) is 0.772. The molecule has 0 aromatic heterocycles. The van der Waals surface area contributed by atoms with E-state index in [9.17, 15) is 8.78 Å². The van der Waals surface area contributed by atoms with Gasteiger partial charge in [-0.3, -0.25) is 0 Å². The minimum atomic E-state index is -0.945. The molecule has 0 saturated carbocycles. The molecule has 1 aromatic carbocycles. The van der Waals surface area contributed by atoms with Crippen molar-refractivity contribution >= 4 is 0 Å². The van der Waals surface area contributed by atoms with E-state index in [1.807, 2.05) is 0 Å². The molecule has 2 N–H and O–H groups in total. The Morgan fingerprint density at radius 1 is 1.31 bits per heavy atom. The second kappa shape index (κ2) is 4.77. The summed E-state index contributed by atoms with van der Waals surface area (Å²) in [5, 5.41) is 0. The van der Waals surface area contributed by atoms with Gasteiger partial charge in [0, 0.05) is 0 Å². The number of hydrogen-bond donors (Lipinski definition) is 1. The molecule has 4 heteroatoms. The van der Waals surface area contributed by atoms with Crippen molar-refractivity contribution in [2.24, 2.45) is 5.73 Å². The van der Waals surface area contributed by atoms with Crippen LogP contribution in [0.4, 0.5) is 8.78 Å². The summed E-state index contributed by atoms with van der Waals surface area (Å²) in [4.78, 5) is 0. The van der Waals surface area contributed by atoms with Crippen LogP contribution in [0.1, 0.15) is 6.42 Å². The number of hydrogen-bond acceptors (Lipinski definition) is 2. The van der Waals surface area contributed by atoms with Crippen LogP contribution in [0.15, 0.2) is 18.2 Å². The first kappa shape index (κ1) is 9.92. The van der Waals surface area contributed by atoms with Crippen molar-refractivity contribution < 1.29 is 13.5 Å². The molecule has 0 atom stereocenters. The quantitative estimate of drug-likeness (QED) is 0.728. The maximum absolute atomic E-state index is 12.9. The molecular formula is C9H11F2NO. The van der Waals surface area contributed by atoms with Crippen LogP contribution in [0.3, 0.4) is 0 Å². The maximum Gasteiger partial charge on any atom is 0.200 e. The SMILES string of the molecule is NCCCOc1cccc(F)c1F. The van der Waals surface area contributed by atoms with Crippen molar-refractivity contribution in [1.29, 1.82) is 0 Å². The van der Waals surface area contributed by atoms with Crippen LogP contribution in [0, 0.1) is 11.6 Å². The van der Waals surface area contributed by atoms with E-state index in [0.29, 0.717) is 19.6 Å². The third-order valence-corrected chi connectivity index (χ3v) is 1.52. The van der Waals surface area contributed by atoms with Crippen molar-refractivity contribution in [3.63, 3.8) is 0 Å². The molecule has 0 fully saturated rings. The van der Waals surface area contributed by atoms with Gasteiger partial charge < -0.3 is 10.5 Å². The second-order valence-corrected chi connectivity index (χ2v) is 2.54. The summed E-state index contributed by atoms with van der Waals surface area (Å²) in [6, 6.07) is 3.83. The zero-order valence-electron chi connectivity index (χ0n) is 7.09. The largest absolute Gasteiger partial charge is 0.490 e. The summed E-state index contributed by atoms with van der Waals surface area (Å²) in [5.41, 5.74) is 5.21. The monoisotopic (exact) mass is 187 g/mol. The van der Waals surface area contributed by atoms with Gasteiger partial charge in [-0.05, 0) is 25.1 Å². The smallest absolute Gasteiger partial charge is 0.200 e. The summed E-state index contributed by atoms with van der Waals surface area (Å²) in [7, 11) is 0. The van der Waals surface area contributed by atoms with Gasteiger partial charge in [0.2, 0.25) is 5.82 Å². The van der Waals surface area contributed by atoms with Crippen LogP contribution in [-0.4, -0.2) is 13.2 Å². The fraction of sp³-hybridized carbons (Fsp3) is 0.333. The van der Waals surface area contributed by atoms with Crippen LogP contribution in [0.2, 0.25) is 0 Å². The van der Waals surface area contributed by atoms with E-state index in [1.54, 1.807) is 0 Å². The van der Waals surface area contributed by atoms with E-state index in [2.05, 4.69) is 0 Å². The predicted octanol–water partition coefficient (Wildman–Crippen LogP) is 1.69. The third-order valence-electron chi connectivity index (χ3n) is 1.52. The zero-order chi connectivity index (χ0) is 9.68. The lowest BCUT2D eigenvalue weighted by molar-refractivity contribution is 0.292. The molecule has 2 nitrogen and oxygen atoms in total. The maximum atomic E-state index is 12.9. The minimum absolute atomic E-state index is 0.0616. The second-order valence-electron chi connectivity index (χ2n) is 2.54. The topological polar surface area (TPSA) is 35.2 Å². The standard InChI is InChI=1S/C9H11F2NO/c10-7-3-1-4-8(9(7)11)13-6-2-5-12/h1,3-4H,2,5-6,12H2. The number of halogens is 2. The summed E-state index contributed by atoms with van der Waals surface area (Å²) in [6.07, 6.45) is 0.621. The highest BCUT2D eigenvalue weighted by atomic mass is 19.2. The lowest BCUT2D eigenvalue weighted by Crippen LogP contribution is -2.07. The predicted molar refractivity (Wildman–Crippen MR) is 45.5 cm³/mol. The molecule has 0 saturated heterocycles. The van der Waals surface area contributed by atoms with Crippen LogP contribution in [0.5, 0.6) is 5.75 Å². The molecule has 1 aromatic rings. The highest BCUT2D eigenvalue weighted by molar-refractivity contribution is 5.24. The number of benzene rings is 1. The van der Waals surface area contributed by atoms with Crippen molar-refractivity contribution in [3.8, 4) is 5.75 Å². The Morgan fingerprint density at radius 2 is 2.08 bits per heavy atom. The van der Waals surface area contributed by atoms with E-state index >= 15 is 0 Å². The normalized spacial score (nSPS) is 10.1. The van der Waals surface area contributed by atoms with Crippen LogP contribution in [-0.2, 0) is 0 Å². The Bertz CT molecular complexity index is 278. The third kappa shape index (κ3) is 2.66. The lowest BCUT2D eigenvalue weighted by atomic mass is 10.3. The minimum Gasteiger partial charge on any atom is -0.490 e. The van der Waals surface area contributed by atoms with Gasteiger partial charge in [-0.25, -0.2) is 4.39 Å². The van der Waals surface area contributed by atoms with Crippen LogP contribution >= 0.6 is 0 Å². The van der Waals surface area contributed by atoms with Crippen molar-refractivity contribution in [2.45, 2.75) is 6.42 Å². The lowest BCUT2D eigenvalue weighted by Gasteiger charge is -2.05. The van der Waals surface area contributed by atoms with Crippen LogP contribution in [0.25, 0.3) is 0 Å². The molecule has 0 heterocycles. The Labute approximate surface area is 75.3 Å². The van der Waals surface area contributed by atoms with Crippen LogP contribution < -0.4 is 10.5 Å². The van der Waals surface area contributed by atoms with Crippen molar-refractivity contribution in [1.82, 2.24) is 0 Å². The molecule has 0 spiro atoms. The number of ether oxygens (including phenoxy) is 1. The average Bonchev–Trinajstić information content (AvgIpc) is 2.13. The Hall–Kier alpha value is -1.16. The first-order chi connectivity index (χ1) is 6.25. The molecule has 1 rings (SSSR count). The Balaban J connectivity index is 2.61. The Morgan fingerprint density at radius 3 is 2.77 bits per heavy atom. The average molecular weight is 187 g/mol. The van der Waals surface area contributed by atoms with E-state index < -0.39 is 11.6 Å². The molecule has 0 unspecified atom stereocenters. The first-order valence-corrected chi connectivity index (χ1v) is 4.02. The molecule has 0 aliphatic carbocycles. The molecule has 13 heavy (non-hydrogen) atoms. The van der Waals surface area contributed by atoms with E-state index in [4.69, 9.17) is 10.5 Å². The van der Waals surface area contributed by atoms with Gasteiger partial charge >= 0.3 is 0 Å². The molecule has 0 bridgehead atoms. The Kier molecular flexibility index (Phi) is 3.64. The highest BCUT2D eigenvalue weighted by Crippen LogP contribution is 2.18. The molecule has 0 aliphatic heterocycles. The fourth-order valence-electron chi connectivity index (χ4n) is 0.861. The zero-order valence-corrected chi connectivity index (χ0v) is 7.09. The molecule has 0 radical (unpaired) electrons. The van der Waals surface area contributed by atoms with E-state index in [0.717, 1.165) is 6.07 Å². The van der Waals surface area contributed by atoms with Gasteiger partial charge in [0.1, 0.15) is 0 Å². The summed E-state index contributed by atoms with van der Waals surface area (Å²) < 4.78 is 30.5. The van der Waals surface area contributed by atoms with E-state index in [1.165, 1.54) is 12.1 Å². The number of rotatable bonds is 4. The molecular weight excluding hydrogens is 176 g/mol. The van der Waals surface area contributed by atoms with Crippen molar-refractivity contribution in [2.75, 3.05) is 13.2 Å². The highest BCUT2D eigenvalue weighted by Gasteiger charge is 2.07. The summed E-state index contributed by atoms with van der Waals surface area (Å²) >= 11 is 0. The van der Waals surface area contributed by atoms with Gasteiger partial charge in [0.05, 0.1) is 6.61 Å². The van der Waals surface area contributed by atoms with Gasteiger partial charge in [0.15, 0.2) is 11.6 Å². The molecule has 0 amide bonds. The van der Waals surface area contributed by atoms with Gasteiger partial charge in [-0.15, -0.1) is 0 Å². The van der Waals surface area contributed by atoms with E-state index in [-0.39, 0.29) is 5.75 Å². The fourth-order valence-corrected chi connectivity index (χ4v) is 0.861. The van der Waals surface area contributed by atoms with Gasteiger partial charge in [-0.2, -0.15) is 4.39 Å². The van der Waals surface area contributed by atoms with Gasteiger partial charge in [0.25, 0.3) is 0 Å². The number of nitrogens with two attached hydrogens (primary N) is 1. The van der Waals surface area contributed by atoms with Gasteiger partial charge in [-0.1, -0.05) is 6.07 Å². The molecule has 72 valence electrons. The first-order valence-electron chi connectivity index (χ1n) is 4.02. The van der Waals surface area contributed by atoms with Crippen molar-refractivity contribution in [3.05, 3.63) is 29.8 Å².